The van der Waals surface area contributed by atoms with E-state index in [1.807, 2.05) is 24.6 Å². The van der Waals surface area contributed by atoms with Gasteiger partial charge in [0.1, 0.15) is 5.82 Å². The average molecular weight is 273 g/mol. The van der Waals surface area contributed by atoms with Crippen LogP contribution < -0.4 is 5.32 Å². The number of fused-ring (bicyclic) bond motifs is 1. The summed E-state index contributed by atoms with van der Waals surface area (Å²) in [6.45, 7) is 0. The standard InChI is InChI=1S/C14H12FN3S/c1-16-14(10-2-4-17-8-11(10)15)9-6-13-12(18-7-9)3-5-19-13/h2-8,14,16H,1H3. The Morgan fingerprint density at radius 1 is 1.32 bits per heavy atom. The van der Waals surface area contributed by atoms with Gasteiger partial charge in [0, 0.05) is 18.0 Å². The first-order valence-electron chi connectivity index (χ1n) is 5.89. The molecule has 5 heteroatoms. The number of halogens is 1. The smallest absolute Gasteiger partial charge is 0.146 e. The molecule has 96 valence electrons. The van der Waals surface area contributed by atoms with Gasteiger partial charge in [-0.2, -0.15) is 0 Å². The van der Waals surface area contributed by atoms with Crippen molar-refractivity contribution in [1.82, 2.24) is 15.3 Å². The highest BCUT2D eigenvalue weighted by Gasteiger charge is 2.17. The van der Waals surface area contributed by atoms with Crippen molar-refractivity contribution in [3.8, 4) is 0 Å². The fourth-order valence-corrected chi connectivity index (χ4v) is 2.93. The zero-order chi connectivity index (χ0) is 13.2. The monoisotopic (exact) mass is 273 g/mol. The van der Waals surface area contributed by atoms with Crippen molar-refractivity contribution >= 4 is 21.6 Å². The zero-order valence-electron chi connectivity index (χ0n) is 10.3. The van der Waals surface area contributed by atoms with E-state index in [1.165, 1.54) is 6.20 Å². The average Bonchev–Trinajstić information content (AvgIpc) is 2.89. The highest BCUT2D eigenvalue weighted by Crippen LogP contribution is 2.27. The maximum Gasteiger partial charge on any atom is 0.146 e. The molecule has 0 saturated heterocycles. The Balaban J connectivity index is 2.09. The first-order chi connectivity index (χ1) is 9.29. The van der Waals surface area contributed by atoms with Crippen LogP contribution in [0.15, 0.2) is 42.2 Å². The number of hydrogen-bond donors (Lipinski definition) is 1. The van der Waals surface area contributed by atoms with Crippen LogP contribution in [0.3, 0.4) is 0 Å². The molecule has 0 amide bonds. The van der Waals surface area contributed by atoms with Crippen LogP contribution in [0.2, 0.25) is 0 Å². The van der Waals surface area contributed by atoms with E-state index in [9.17, 15) is 4.39 Å². The van der Waals surface area contributed by atoms with Gasteiger partial charge in [-0.15, -0.1) is 11.3 Å². The van der Waals surface area contributed by atoms with E-state index in [1.54, 1.807) is 29.8 Å². The summed E-state index contributed by atoms with van der Waals surface area (Å²) >= 11 is 1.63. The quantitative estimate of drug-likeness (QED) is 0.796. The topological polar surface area (TPSA) is 37.8 Å². The van der Waals surface area contributed by atoms with Gasteiger partial charge in [0.15, 0.2) is 0 Å². The van der Waals surface area contributed by atoms with Crippen molar-refractivity contribution in [2.75, 3.05) is 7.05 Å². The van der Waals surface area contributed by atoms with Gasteiger partial charge < -0.3 is 5.32 Å². The molecule has 3 aromatic rings. The molecular weight excluding hydrogens is 261 g/mol. The summed E-state index contributed by atoms with van der Waals surface area (Å²) < 4.78 is 14.9. The third-order valence-corrected chi connectivity index (χ3v) is 3.91. The normalized spacial score (nSPS) is 12.7. The summed E-state index contributed by atoms with van der Waals surface area (Å²) in [5.41, 5.74) is 2.50. The van der Waals surface area contributed by atoms with Gasteiger partial charge in [0.25, 0.3) is 0 Å². The van der Waals surface area contributed by atoms with Crippen LogP contribution in [-0.2, 0) is 0 Å². The lowest BCUT2D eigenvalue weighted by atomic mass is 10.0. The minimum absolute atomic E-state index is 0.220. The van der Waals surface area contributed by atoms with E-state index in [0.717, 1.165) is 15.8 Å². The molecule has 3 aromatic heterocycles. The molecule has 0 bridgehead atoms. The van der Waals surface area contributed by atoms with Crippen LogP contribution in [0.5, 0.6) is 0 Å². The van der Waals surface area contributed by atoms with Gasteiger partial charge in [-0.1, -0.05) is 0 Å². The Bertz CT molecular complexity index is 710. The predicted octanol–water partition coefficient (Wildman–Crippen LogP) is 3.14. The highest BCUT2D eigenvalue weighted by molar-refractivity contribution is 7.17. The van der Waals surface area contributed by atoms with Crippen LogP contribution in [-0.4, -0.2) is 17.0 Å². The maximum atomic E-state index is 13.8. The minimum atomic E-state index is -0.312. The van der Waals surface area contributed by atoms with Gasteiger partial charge in [-0.05, 0) is 36.2 Å². The SMILES string of the molecule is CNC(c1cnc2ccsc2c1)c1ccncc1F. The fraction of sp³-hybridized carbons (Fsp3) is 0.143. The van der Waals surface area contributed by atoms with E-state index in [0.29, 0.717) is 5.56 Å². The third-order valence-electron chi connectivity index (χ3n) is 3.06. The maximum absolute atomic E-state index is 13.8. The van der Waals surface area contributed by atoms with E-state index in [-0.39, 0.29) is 11.9 Å². The molecule has 0 aliphatic heterocycles. The lowest BCUT2D eigenvalue weighted by Gasteiger charge is -2.17. The Kier molecular flexibility index (Phi) is 3.23. The lowest BCUT2D eigenvalue weighted by molar-refractivity contribution is 0.570. The first-order valence-corrected chi connectivity index (χ1v) is 6.77. The van der Waals surface area contributed by atoms with Crippen molar-refractivity contribution < 1.29 is 4.39 Å². The Labute approximate surface area is 114 Å². The lowest BCUT2D eigenvalue weighted by Crippen LogP contribution is -2.19. The minimum Gasteiger partial charge on any atom is -0.309 e. The number of rotatable bonds is 3. The Morgan fingerprint density at radius 3 is 3.00 bits per heavy atom. The molecular formula is C14H12FN3S. The van der Waals surface area contributed by atoms with Gasteiger partial charge >= 0.3 is 0 Å². The van der Waals surface area contributed by atoms with Crippen LogP contribution in [0.25, 0.3) is 10.2 Å². The molecule has 0 aromatic carbocycles. The highest BCUT2D eigenvalue weighted by atomic mass is 32.1. The molecule has 19 heavy (non-hydrogen) atoms. The number of hydrogen-bond acceptors (Lipinski definition) is 4. The summed E-state index contributed by atoms with van der Waals surface area (Å²) in [5, 5.41) is 5.13. The number of pyridine rings is 2. The molecule has 3 nitrogen and oxygen atoms in total. The second kappa shape index (κ2) is 5.03. The summed E-state index contributed by atoms with van der Waals surface area (Å²) in [6.07, 6.45) is 4.62. The number of thiophene rings is 1. The number of nitrogens with one attached hydrogen (secondary N) is 1. The van der Waals surface area contributed by atoms with Gasteiger partial charge in [-0.3, -0.25) is 9.97 Å². The number of aromatic nitrogens is 2. The molecule has 1 unspecified atom stereocenters. The summed E-state index contributed by atoms with van der Waals surface area (Å²) in [4.78, 5) is 8.18. The van der Waals surface area contributed by atoms with Gasteiger partial charge in [-0.25, -0.2) is 4.39 Å². The molecule has 0 radical (unpaired) electrons. The van der Waals surface area contributed by atoms with Crippen LogP contribution in [0.1, 0.15) is 17.2 Å². The summed E-state index contributed by atoms with van der Waals surface area (Å²) in [6, 6.07) is 5.50. The molecule has 3 heterocycles. The Morgan fingerprint density at radius 2 is 2.21 bits per heavy atom. The van der Waals surface area contributed by atoms with Gasteiger partial charge in [0.2, 0.25) is 0 Å². The van der Waals surface area contributed by atoms with Crippen molar-refractivity contribution in [1.29, 1.82) is 0 Å². The molecule has 0 aliphatic rings. The van der Waals surface area contributed by atoms with Crippen molar-refractivity contribution in [2.24, 2.45) is 0 Å². The van der Waals surface area contributed by atoms with Crippen molar-refractivity contribution in [3.63, 3.8) is 0 Å². The summed E-state index contributed by atoms with van der Waals surface area (Å²) in [5.74, 6) is -0.312. The molecule has 1 atom stereocenters. The van der Waals surface area contributed by atoms with Gasteiger partial charge in [0.05, 0.1) is 22.5 Å². The fourth-order valence-electron chi connectivity index (χ4n) is 2.14. The Hall–Kier alpha value is -1.85. The van der Waals surface area contributed by atoms with Crippen LogP contribution in [0.4, 0.5) is 4.39 Å². The number of nitrogens with zero attached hydrogens (tertiary/aromatic N) is 2. The molecule has 0 saturated carbocycles. The van der Waals surface area contributed by atoms with E-state index >= 15 is 0 Å². The zero-order valence-corrected chi connectivity index (χ0v) is 11.1. The molecule has 3 rings (SSSR count). The third kappa shape index (κ3) is 2.22. The molecule has 0 aliphatic carbocycles. The van der Waals surface area contributed by atoms with E-state index < -0.39 is 0 Å². The molecule has 1 N–H and O–H groups in total. The van der Waals surface area contributed by atoms with E-state index in [4.69, 9.17) is 0 Å². The largest absolute Gasteiger partial charge is 0.309 e. The second-order valence-electron chi connectivity index (χ2n) is 4.19. The molecule has 0 spiro atoms. The van der Waals surface area contributed by atoms with Crippen molar-refractivity contribution in [2.45, 2.75) is 6.04 Å². The molecule has 0 fully saturated rings. The predicted molar refractivity (Wildman–Crippen MR) is 74.7 cm³/mol. The summed E-state index contributed by atoms with van der Waals surface area (Å²) in [7, 11) is 1.81. The van der Waals surface area contributed by atoms with Crippen molar-refractivity contribution in [3.05, 3.63) is 59.1 Å². The second-order valence-corrected chi connectivity index (χ2v) is 5.14. The van der Waals surface area contributed by atoms with Crippen LogP contribution in [0, 0.1) is 5.82 Å². The van der Waals surface area contributed by atoms with Crippen LogP contribution >= 0.6 is 11.3 Å². The first kappa shape index (κ1) is 12.2. The van der Waals surface area contributed by atoms with E-state index in [2.05, 4.69) is 15.3 Å².